The van der Waals surface area contributed by atoms with E-state index in [-0.39, 0.29) is 29.4 Å². The van der Waals surface area contributed by atoms with E-state index in [9.17, 15) is 23.1 Å². The van der Waals surface area contributed by atoms with Gasteiger partial charge in [-0.05, 0) is 60.2 Å². The average molecular weight is 611 g/mol. The summed E-state index contributed by atoms with van der Waals surface area (Å²) in [7, 11) is 1.35. The molecular formula is C32H33F3N4O5. The van der Waals surface area contributed by atoms with Gasteiger partial charge in [-0.3, -0.25) is 9.69 Å². The van der Waals surface area contributed by atoms with E-state index < -0.39 is 29.9 Å². The second kappa shape index (κ2) is 12.5. The maximum absolute atomic E-state index is 14.2. The number of ether oxygens (including phenoxy) is 3. The molecule has 1 saturated heterocycles. The number of aromatic nitrogens is 1. The minimum atomic E-state index is -4.67. The zero-order valence-electron chi connectivity index (χ0n) is 24.2. The first-order valence-corrected chi connectivity index (χ1v) is 14.5. The van der Waals surface area contributed by atoms with Crippen molar-refractivity contribution in [1.82, 2.24) is 9.88 Å². The van der Waals surface area contributed by atoms with Crippen LogP contribution in [0.2, 0.25) is 0 Å². The third kappa shape index (κ3) is 6.15. The lowest BCUT2D eigenvalue weighted by Gasteiger charge is -2.37. The minimum Gasteiger partial charge on any atom is -0.488 e. The quantitative estimate of drug-likeness (QED) is 0.364. The van der Waals surface area contributed by atoms with Crippen LogP contribution in [0.25, 0.3) is 11.3 Å². The summed E-state index contributed by atoms with van der Waals surface area (Å²) in [5, 5.41) is 14.9. The summed E-state index contributed by atoms with van der Waals surface area (Å²) in [6, 6.07) is 15.1. The van der Waals surface area contributed by atoms with Crippen molar-refractivity contribution in [3.05, 3.63) is 76.9 Å². The fourth-order valence-electron chi connectivity index (χ4n) is 6.11. The SMILES string of the molecule is COC1C(C(=O)O)C=NN1c1cccc(-c2cccc(C(F)(F)F)c2OCc2ccc3c(c2)CCN(C2CCOCC2)C3)n1. The van der Waals surface area contributed by atoms with E-state index in [0.29, 0.717) is 6.04 Å². The van der Waals surface area contributed by atoms with E-state index in [1.807, 2.05) is 18.2 Å². The number of hydrogen-bond donors (Lipinski definition) is 1. The maximum atomic E-state index is 14.2. The molecule has 6 rings (SSSR count). The third-order valence-corrected chi connectivity index (χ3v) is 8.39. The number of alkyl halides is 3. The summed E-state index contributed by atoms with van der Waals surface area (Å²) >= 11 is 0. The first-order valence-electron chi connectivity index (χ1n) is 14.5. The highest BCUT2D eigenvalue weighted by Gasteiger charge is 2.39. The number of fused-ring (bicyclic) bond motifs is 1. The topological polar surface area (TPSA) is 96.7 Å². The molecule has 3 aromatic rings. The van der Waals surface area contributed by atoms with Crippen LogP contribution in [0.3, 0.4) is 0 Å². The van der Waals surface area contributed by atoms with E-state index >= 15 is 0 Å². The van der Waals surface area contributed by atoms with Crippen molar-refractivity contribution in [2.24, 2.45) is 11.0 Å². The predicted molar refractivity (Wildman–Crippen MR) is 156 cm³/mol. The lowest BCUT2D eigenvalue weighted by Crippen LogP contribution is -2.42. The largest absolute Gasteiger partial charge is 0.488 e. The van der Waals surface area contributed by atoms with Crippen LogP contribution in [0.15, 0.2) is 59.7 Å². The number of halogens is 3. The second-order valence-electron chi connectivity index (χ2n) is 11.1. The predicted octanol–water partition coefficient (Wildman–Crippen LogP) is 5.36. The molecular weight excluding hydrogens is 577 g/mol. The Balaban J connectivity index is 1.25. The standard InChI is InChI=1S/C32H33F3N4O5/c1-42-30-25(31(40)41)17-36-39(30)28-7-3-6-27(37-28)24-4-2-5-26(32(33,34)35)29(24)44-19-20-8-9-22-18-38(13-10-21(22)16-20)23-11-14-43-15-12-23/h2-9,16-17,23,25,30H,10-15,18-19H2,1H3,(H,40,41). The first kappa shape index (κ1) is 30.0. The Labute approximate surface area is 252 Å². The zero-order chi connectivity index (χ0) is 30.8. The number of nitrogens with zero attached hydrogens (tertiary/aromatic N) is 4. The second-order valence-corrected chi connectivity index (χ2v) is 11.1. The van der Waals surface area contributed by atoms with Crippen LogP contribution in [0.1, 0.15) is 35.1 Å². The summed E-state index contributed by atoms with van der Waals surface area (Å²) in [5.74, 6) is -2.25. The number of hydrazone groups is 1. The van der Waals surface area contributed by atoms with E-state index in [2.05, 4.69) is 15.0 Å². The van der Waals surface area contributed by atoms with Gasteiger partial charge in [0.15, 0.2) is 12.0 Å². The van der Waals surface area contributed by atoms with Crippen LogP contribution in [0, 0.1) is 5.92 Å². The van der Waals surface area contributed by atoms with E-state index in [1.165, 1.54) is 41.6 Å². The fourth-order valence-corrected chi connectivity index (χ4v) is 6.11. The van der Waals surface area contributed by atoms with Crippen molar-refractivity contribution in [2.75, 3.05) is 31.9 Å². The Kier molecular flexibility index (Phi) is 8.57. The number of aliphatic carboxylic acids is 1. The minimum absolute atomic E-state index is 0.0563. The van der Waals surface area contributed by atoms with Crippen molar-refractivity contribution in [3.63, 3.8) is 0 Å². The van der Waals surface area contributed by atoms with Gasteiger partial charge in [0.05, 0.1) is 11.3 Å². The van der Waals surface area contributed by atoms with Gasteiger partial charge < -0.3 is 19.3 Å². The Morgan fingerprint density at radius 2 is 1.89 bits per heavy atom. The number of anilines is 1. The molecule has 12 heteroatoms. The molecule has 3 aliphatic heterocycles. The molecule has 0 aliphatic carbocycles. The lowest BCUT2D eigenvalue weighted by atomic mass is 9.95. The molecule has 1 fully saturated rings. The summed E-state index contributed by atoms with van der Waals surface area (Å²) in [6.45, 7) is 3.30. The van der Waals surface area contributed by atoms with Crippen molar-refractivity contribution in [2.45, 2.75) is 50.9 Å². The summed E-state index contributed by atoms with van der Waals surface area (Å²) in [5.41, 5.74) is 2.65. The number of methoxy groups -OCH3 is 1. The first-order chi connectivity index (χ1) is 21.2. The molecule has 0 radical (unpaired) electrons. The Morgan fingerprint density at radius 3 is 2.64 bits per heavy atom. The maximum Gasteiger partial charge on any atom is 0.419 e. The molecule has 3 aliphatic rings. The number of carboxylic acids is 1. The summed E-state index contributed by atoms with van der Waals surface area (Å²) < 4.78 is 59.5. The zero-order valence-corrected chi connectivity index (χ0v) is 24.2. The number of para-hydroxylation sites is 1. The molecule has 0 saturated carbocycles. The van der Waals surface area contributed by atoms with Crippen molar-refractivity contribution < 1.29 is 37.3 Å². The molecule has 2 aromatic carbocycles. The molecule has 9 nitrogen and oxygen atoms in total. The van der Waals surface area contributed by atoms with Crippen molar-refractivity contribution >= 4 is 18.0 Å². The molecule has 1 N–H and O–H groups in total. The van der Waals surface area contributed by atoms with Gasteiger partial charge in [-0.15, -0.1) is 0 Å². The van der Waals surface area contributed by atoms with Gasteiger partial charge in [-0.2, -0.15) is 18.3 Å². The van der Waals surface area contributed by atoms with E-state index in [1.54, 1.807) is 18.2 Å². The van der Waals surface area contributed by atoms with Crippen LogP contribution >= 0.6 is 0 Å². The molecule has 2 atom stereocenters. The monoisotopic (exact) mass is 610 g/mol. The van der Waals surface area contributed by atoms with E-state index in [0.717, 1.165) is 57.2 Å². The molecule has 4 heterocycles. The highest BCUT2D eigenvalue weighted by atomic mass is 19.4. The van der Waals surface area contributed by atoms with Gasteiger partial charge >= 0.3 is 12.1 Å². The highest BCUT2D eigenvalue weighted by molar-refractivity contribution is 5.92. The smallest absolute Gasteiger partial charge is 0.419 e. The average Bonchev–Trinajstić information content (AvgIpc) is 3.48. The highest BCUT2D eigenvalue weighted by Crippen LogP contribution is 2.42. The van der Waals surface area contributed by atoms with Crippen LogP contribution in [-0.2, 0) is 40.0 Å². The van der Waals surface area contributed by atoms with Crippen LogP contribution in [0.4, 0.5) is 19.0 Å². The van der Waals surface area contributed by atoms with Gasteiger partial charge in [0.2, 0.25) is 0 Å². The number of pyridine rings is 1. The normalized spacial score (nSPS) is 21.0. The van der Waals surface area contributed by atoms with Gasteiger partial charge in [-0.1, -0.05) is 30.3 Å². The molecule has 0 amide bonds. The molecule has 44 heavy (non-hydrogen) atoms. The summed E-state index contributed by atoms with van der Waals surface area (Å²) in [6.07, 6.45) is -1.46. The molecule has 0 bridgehead atoms. The third-order valence-electron chi connectivity index (χ3n) is 8.39. The van der Waals surface area contributed by atoms with Crippen molar-refractivity contribution in [1.29, 1.82) is 0 Å². The Bertz CT molecular complexity index is 1540. The Morgan fingerprint density at radius 1 is 1.09 bits per heavy atom. The van der Waals surface area contributed by atoms with Crippen molar-refractivity contribution in [3.8, 4) is 17.0 Å². The van der Waals surface area contributed by atoms with Gasteiger partial charge in [0.1, 0.15) is 18.3 Å². The molecule has 0 spiro atoms. The van der Waals surface area contributed by atoms with Gasteiger partial charge in [0.25, 0.3) is 0 Å². The van der Waals surface area contributed by atoms with Gasteiger partial charge in [-0.25, -0.2) is 9.99 Å². The van der Waals surface area contributed by atoms with E-state index in [4.69, 9.17) is 14.2 Å². The van der Waals surface area contributed by atoms with Gasteiger partial charge in [0, 0.05) is 51.2 Å². The number of benzene rings is 2. The lowest BCUT2D eigenvalue weighted by molar-refractivity contribution is -0.142. The fraction of sp³-hybridized carbons (Fsp3) is 0.406. The number of hydrogen-bond acceptors (Lipinski definition) is 8. The van der Waals surface area contributed by atoms with Crippen LogP contribution in [-0.4, -0.2) is 66.3 Å². The summed E-state index contributed by atoms with van der Waals surface area (Å²) in [4.78, 5) is 18.6. The van der Waals surface area contributed by atoms with Crippen LogP contribution in [0.5, 0.6) is 5.75 Å². The number of rotatable bonds is 8. The Hall–Kier alpha value is -4.00. The number of carboxylic acid groups (broad SMARTS) is 1. The van der Waals surface area contributed by atoms with Crippen LogP contribution < -0.4 is 9.75 Å². The molecule has 232 valence electrons. The molecule has 2 unspecified atom stereocenters. The number of carbonyl (C=O) groups is 1. The molecule has 1 aromatic heterocycles.